The van der Waals surface area contributed by atoms with Gasteiger partial charge in [0.2, 0.25) is 0 Å². The van der Waals surface area contributed by atoms with Gasteiger partial charge in [0.05, 0.1) is 5.25 Å². The van der Waals surface area contributed by atoms with Crippen LogP contribution in [-0.2, 0) is 10.9 Å². The Hall–Kier alpha value is 1.40. The van der Waals surface area contributed by atoms with Gasteiger partial charge in [-0.3, -0.25) is 0 Å². The highest BCUT2D eigenvalue weighted by Gasteiger charge is 2.27. The third-order valence-electron chi connectivity index (χ3n) is 1.53. The smallest absolute Gasteiger partial charge is 0.150 e. The number of hydrogen-bond acceptors (Lipinski definition) is 3. The van der Waals surface area contributed by atoms with Crippen molar-refractivity contribution in [3.8, 4) is 0 Å². The second kappa shape index (κ2) is 5.12. The largest absolute Gasteiger partial charge is 0.178 e. The Balaban J connectivity index is 2.25. The molecule has 0 aromatic carbocycles. The third-order valence-corrected chi connectivity index (χ3v) is 7.05. The number of rotatable bonds is 2. The van der Waals surface area contributed by atoms with Crippen LogP contribution in [0, 0.1) is 0 Å². The van der Waals surface area contributed by atoms with Crippen molar-refractivity contribution in [3.63, 3.8) is 0 Å². The summed E-state index contributed by atoms with van der Waals surface area (Å²) in [4.78, 5) is 0. The lowest BCUT2D eigenvalue weighted by atomic mass is 10.5. The standard InChI is InChI=1S/C6H12S4/c7-3-6-4-10(5-8)2-1-9-6/h6H,1-5H2,(H-,7,8)/p+1. The summed E-state index contributed by atoms with van der Waals surface area (Å²) in [6, 6.07) is 0. The first-order valence-electron chi connectivity index (χ1n) is 3.34. The molecule has 10 heavy (non-hydrogen) atoms. The fourth-order valence-electron chi connectivity index (χ4n) is 0.950. The van der Waals surface area contributed by atoms with Crippen molar-refractivity contribution in [3.05, 3.63) is 0 Å². The highest BCUT2D eigenvalue weighted by molar-refractivity contribution is 8.10. The van der Waals surface area contributed by atoms with Crippen molar-refractivity contribution in [2.75, 3.05) is 28.1 Å². The Morgan fingerprint density at radius 1 is 1.50 bits per heavy atom. The maximum atomic E-state index is 4.32. The quantitative estimate of drug-likeness (QED) is 0.518. The molecule has 1 heterocycles. The predicted octanol–water partition coefficient (Wildman–Crippen LogP) is 1.54. The summed E-state index contributed by atoms with van der Waals surface area (Å²) in [5.74, 6) is 5.12. The summed E-state index contributed by atoms with van der Waals surface area (Å²) < 4.78 is 0. The van der Waals surface area contributed by atoms with Gasteiger partial charge < -0.3 is 0 Å². The Morgan fingerprint density at radius 3 is 2.90 bits per heavy atom. The van der Waals surface area contributed by atoms with Gasteiger partial charge in [-0.25, -0.2) is 0 Å². The molecule has 0 aromatic rings. The van der Waals surface area contributed by atoms with E-state index in [1.165, 1.54) is 17.3 Å². The normalized spacial score (nSPS) is 34.2. The summed E-state index contributed by atoms with van der Waals surface area (Å²) in [6.45, 7) is 0. The number of thioether (sulfide) groups is 1. The van der Waals surface area contributed by atoms with Gasteiger partial charge in [0.25, 0.3) is 0 Å². The van der Waals surface area contributed by atoms with Crippen LogP contribution in [0.4, 0.5) is 0 Å². The maximum Gasteiger partial charge on any atom is 0.150 e. The molecule has 2 unspecified atom stereocenters. The zero-order valence-corrected chi connectivity index (χ0v) is 9.25. The first-order valence-corrected chi connectivity index (χ1v) is 7.39. The van der Waals surface area contributed by atoms with E-state index in [0.717, 1.165) is 16.1 Å². The van der Waals surface area contributed by atoms with Crippen molar-refractivity contribution in [1.82, 2.24) is 0 Å². The van der Waals surface area contributed by atoms with Crippen LogP contribution >= 0.6 is 37.0 Å². The molecular formula is C6H13S4+. The molecule has 4 heteroatoms. The molecule has 1 rings (SSSR count). The van der Waals surface area contributed by atoms with Gasteiger partial charge in [0, 0.05) is 11.5 Å². The van der Waals surface area contributed by atoms with Gasteiger partial charge in [-0.05, 0) is 10.9 Å². The SMILES string of the molecule is SCC1C[S+](CS)CCS1. The third kappa shape index (κ3) is 2.80. The summed E-state index contributed by atoms with van der Waals surface area (Å²) in [6.07, 6.45) is 0. The zero-order chi connectivity index (χ0) is 7.40. The molecule has 1 aliphatic heterocycles. The monoisotopic (exact) mass is 213 g/mol. The van der Waals surface area contributed by atoms with Crippen LogP contribution in [-0.4, -0.2) is 33.3 Å². The number of hydrogen-bond donors (Lipinski definition) is 2. The molecule has 0 bridgehead atoms. The van der Waals surface area contributed by atoms with E-state index in [-0.39, 0.29) is 0 Å². The minimum Gasteiger partial charge on any atom is -0.178 e. The Labute approximate surface area is 81.1 Å². The summed E-state index contributed by atoms with van der Waals surface area (Å²) in [5, 5.41) is 1.90. The molecule has 1 saturated heterocycles. The lowest BCUT2D eigenvalue weighted by Crippen LogP contribution is -2.30. The average molecular weight is 213 g/mol. The molecule has 0 nitrogen and oxygen atoms in total. The topological polar surface area (TPSA) is 0 Å². The average Bonchev–Trinajstić information content (AvgIpc) is 2.05. The summed E-state index contributed by atoms with van der Waals surface area (Å²) >= 11 is 10.7. The molecule has 0 saturated carbocycles. The minimum absolute atomic E-state index is 0.613. The fourth-order valence-corrected chi connectivity index (χ4v) is 6.05. The van der Waals surface area contributed by atoms with E-state index >= 15 is 0 Å². The predicted molar refractivity (Wildman–Crippen MR) is 61.1 cm³/mol. The molecule has 0 spiro atoms. The molecule has 0 N–H and O–H groups in total. The van der Waals surface area contributed by atoms with Gasteiger partial charge in [-0.1, -0.05) is 0 Å². The van der Waals surface area contributed by atoms with E-state index in [0.29, 0.717) is 10.9 Å². The first kappa shape index (κ1) is 9.49. The van der Waals surface area contributed by atoms with Gasteiger partial charge in [0.1, 0.15) is 11.5 Å². The minimum atomic E-state index is 0.613. The van der Waals surface area contributed by atoms with Crippen LogP contribution in [0.25, 0.3) is 0 Å². The van der Waals surface area contributed by atoms with Gasteiger partial charge in [-0.15, -0.1) is 24.4 Å². The second-order valence-corrected chi connectivity index (χ2v) is 7.06. The molecule has 1 aliphatic rings. The number of thiol groups is 2. The molecule has 2 atom stereocenters. The molecule has 0 aromatic heterocycles. The maximum absolute atomic E-state index is 4.32. The Bertz CT molecular complexity index is 85.7. The lowest BCUT2D eigenvalue weighted by molar-refractivity contribution is 1.12. The van der Waals surface area contributed by atoms with E-state index in [1.54, 1.807) is 0 Å². The van der Waals surface area contributed by atoms with Crippen molar-refractivity contribution in [2.24, 2.45) is 0 Å². The molecule has 1 fully saturated rings. The van der Waals surface area contributed by atoms with Crippen LogP contribution in [0.5, 0.6) is 0 Å². The van der Waals surface area contributed by atoms with Crippen molar-refractivity contribution in [2.45, 2.75) is 5.25 Å². The van der Waals surface area contributed by atoms with Gasteiger partial charge >= 0.3 is 0 Å². The van der Waals surface area contributed by atoms with Crippen LogP contribution in [0.3, 0.4) is 0 Å². The van der Waals surface area contributed by atoms with E-state index in [1.807, 2.05) is 0 Å². The van der Waals surface area contributed by atoms with Crippen molar-refractivity contribution in [1.29, 1.82) is 0 Å². The van der Waals surface area contributed by atoms with E-state index in [9.17, 15) is 0 Å². The van der Waals surface area contributed by atoms with Crippen molar-refractivity contribution < 1.29 is 0 Å². The van der Waals surface area contributed by atoms with Crippen LogP contribution < -0.4 is 0 Å². The molecule has 0 aliphatic carbocycles. The highest BCUT2D eigenvalue weighted by Crippen LogP contribution is 2.22. The van der Waals surface area contributed by atoms with E-state index in [4.69, 9.17) is 0 Å². The summed E-state index contributed by atoms with van der Waals surface area (Å²) in [7, 11) is 0.613. The Kier molecular flexibility index (Phi) is 4.86. The zero-order valence-electron chi connectivity index (χ0n) is 5.82. The second-order valence-electron chi connectivity index (χ2n) is 2.29. The van der Waals surface area contributed by atoms with Gasteiger partial charge in [-0.2, -0.15) is 12.6 Å². The van der Waals surface area contributed by atoms with Gasteiger partial charge in [0.15, 0.2) is 5.08 Å². The Morgan fingerprint density at radius 2 is 2.30 bits per heavy atom. The first-order chi connectivity index (χ1) is 4.86. The summed E-state index contributed by atoms with van der Waals surface area (Å²) in [5.41, 5.74) is 0. The lowest BCUT2D eigenvalue weighted by Gasteiger charge is -2.19. The molecule has 0 amide bonds. The van der Waals surface area contributed by atoms with Crippen LogP contribution in [0.15, 0.2) is 0 Å². The van der Waals surface area contributed by atoms with E-state index < -0.39 is 0 Å². The molecule has 0 radical (unpaired) electrons. The van der Waals surface area contributed by atoms with Crippen molar-refractivity contribution >= 4 is 47.9 Å². The highest BCUT2D eigenvalue weighted by atomic mass is 32.2. The van der Waals surface area contributed by atoms with E-state index in [2.05, 4.69) is 37.0 Å². The molecular weight excluding hydrogens is 200 g/mol. The van der Waals surface area contributed by atoms with Crippen LogP contribution in [0.1, 0.15) is 0 Å². The van der Waals surface area contributed by atoms with Crippen LogP contribution in [0.2, 0.25) is 0 Å². The molecule has 60 valence electrons. The fraction of sp³-hybridized carbons (Fsp3) is 1.00.